The van der Waals surface area contributed by atoms with Gasteiger partial charge in [0.25, 0.3) is 0 Å². The maximum atomic E-state index is 14.0. The summed E-state index contributed by atoms with van der Waals surface area (Å²) in [5.41, 5.74) is 2.34. The highest BCUT2D eigenvalue weighted by Crippen LogP contribution is 2.14. The first-order valence-electron chi connectivity index (χ1n) is 8.27. The fourth-order valence-corrected chi connectivity index (χ4v) is 2.58. The Bertz CT molecular complexity index is 731. The summed E-state index contributed by atoms with van der Waals surface area (Å²) in [7, 11) is 3.84. The molecule has 0 saturated carbocycles. The van der Waals surface area contributed by atoms with Gasteiger partial charge in [0.2, 0.25) is 5.91 Å². The lowest BCUT2D eigenvalue weighted by Gasteiger charge is -2.25. The molecule has 0 saturated heterocycles. The number of amides is 1. The molecule has 0 N–H and O–H groups in total. The largest absolute Gasteiger partial charge is 0.337 e. The first-order chi connectivity index (χ1) is 11.8. The van der Waals surface area contributed by atoms with Gasteiger partial charge >= 0.3 is 0 Å². The molecule has 0 radical (unpaired) electrons. The fourth-order valence-electron chi connectivity index (χ4n) is 2.58. The van der Waals surface area contributed by atoms with Gasteiger partial charge in [0, 0.05) is 31.3 Å². The van der Waals surface area contributed by atoms with Crippen molar-refractivity contribution in [1.82, 2.24) is 9.80 Å². The highest BCUT2D eigenvalue weighted by molar-refractivity contribution is 5.78. The van der Waals surface area contributed by atoms with E-state index >= 15 is 0 Å². The Kier molecular flexibility index (Phi) is 6.65. The van der Waals surface area contributed by atoms with Crippen molar-refractivity contribution in [3.05, 3.63) is 70.8 Å². The van der Waals surface area contributed by atoms with E-state index in [1.807, 2.05) is 50.2 Å². The first-order valence-corrected chi connectivity index (χ1v) is 8.27. The number of aryl methyl sites for hydroxylation is 1. The van der Waals surface area contributed by atoms with Crippen LogP contribution in [0.5, 0.6) is 0 Å². The molecule has 5 heteroatoms. The summed E-state index contributed by atoms with van der Waals surface area (Å²) in [6.07, 6.45) is 0.262. The van der Waals surface area contributed by atoms with Crippen LogP contribution in [0.2, 0.25) is 0 Å². The minimum atomic E-state index is -0.627. The predicted octanol–water partition coefficient (Wildman–Crippen LogP) is 3.41. The number of hydrogen-bond acceptors (Lipinski definition) is 2. The number of hydrogen-bond donors (Lipinski definition) is 0. The number of carbonyl (C=O) groups is 1. The van der Waals surface area contributed by atoms with Gasteiger partial charge in [-0.05, 0) is 32.6 Å². The normalized spacial score (nSPS) is 11.0. The Hall–Kier alpha value is -2.27. The van der Waals surface area contributed by atoms with Crippen LogP contribution in [0, 0.1) is 18.6 Å². The van der Waals surface area contributed by atoms with E-state index in [4.69, 9.17) is 0 Å². The number of rotatable bonds is 7. The molecule has 0 bridgehead atoms. The lowest BCUT2D eigenvalue weighted by molar-refractivity contribution is -0.131. The Labute approximate surface area is 147 Å². The average molecular weight is 346 g/mol. The van der Waals surface area contributed by atoms with Crippen LogP contribution >= 0.6 is 0 Å². The molecule has 2 aromatic carbocycles. The molecule has 0 aliphatic heterocycles. The second-order valence-electron chi connectivity index (χ2n) is 6.52. The zero-order valence-corrected chi connectivity index (χ0v) is 14.9. The van der Waals surface area contributed by atoms with Gasteiger partial charge in [-0.2, -0.15) is 0 Å². The van der Waals surface area contributed by atoms with Crippen LogP contribution in [0.25, 0.3) is 0 Å². The number of nitrogens with zero attached hydrogens (tertiary/aromatic N) is 2. The van der Waals surface area contributed by atoms with Gasteiger partial charge in [-0.3, -0.25) is 4.79 Å². The second-order valence-corrected chi connectivity index (χ2v) is 6.52. The van der Waals surface area contributed by atoms with Gasteiger partial charge in [0.05, 0.1) is 6.42 Å². The van der Waals surface area contributed by atoms with Crippen LogP contribution in [-0.2, 0) is 17.8 Å². The first kappa shape index (κ1) is 19.1. The smallest absolute Gasteiger partial charge is 0.227 e. The summed E-state index contributed by atoms with van der Waals surface area (Å²) in [5.74, 6) is -1.32. The van der Waals surface area contributed by atoms with E-state index < -0.39 is 11.6 Å². The molecular weight excluding hydrogens is 322 g/mol. The monoisotopic (exact) mass is 346 g/mol. The predicted molar refractivity (Wildman–Crippen MR) is 95.2 cm³/mol. The summed E-state index contributed by atoms with van der Waals surface area (Å²) < 4.78 is 27.1. The zero-order chi connectivity index (χ0) is 18.4. The van der Waals surface area contributed by atoms with Gasteiger partial charge in [0.1, 0.15) is 11.6 Å². The maximum Gasteiger partial charge on any atom is 0.227 e. The zero-order valence-electron chi connectivity index (χ0n) is 14.9. The van der Waals surface area contributed by atoms with E-state index in [1.54, 1.807) is 4.90 Å². The molecule has 0 fully saturated rings. The van der Waals surface area contributed by atoms with E-state index in [1.165, 1.54) is 12.1 Å². The highest BCUT2D eigenvalue weighted by Gasteiger charge is 2.17. The summed E-state index contributed by atoms with van der Waals surface area (Å²) in [4.78, 5) is 16.3. The van der Waals surface area contributed by atoms with Crippen LogP contribution in [-0.4, -0.2) is 42.9 Å². The molecule has 134 valence electrons. The quantitative estimate of drug-likeness (QED) is 0.767. The summed E-state index contributed by atoms with van der Waals surface area (Å²) >= 11 is 0. The Morgan fingerprint density at radius 3 is 2.44 bits per heavy atom. The van der Waals surface area contributed by atoms with Crippen LogP contribution in [0.3, 0.4) is 0 Å². The van der Waals surface area contributed by atoms with E-state index in [0.717, 1.165) is 17.2 Å². The molecule has 0 heterocycles. The van der Waals surface area contributed by atoms with Crippen molar-refractivity contribution < 1.29 is 13.6 Å². The van der Waals surface area contributed by atoms with Crippen LogP contribution in [0.15, 0.2) is 42.5 Å². The molecule has 0 aromatic heterocycles. The van der Waals surface area contributed by atoms with Gasteiger partial charge < -0.3 is 9.80 Å². The molecule has 0 spiro atoms. The third-order valence-corrected chi connectivity index (χ3v) is 3.98. The van der Waals surface area contributed by atoms with E-state index in [9.17, 15) is 13.6 Å². The summed E-state index contributed by atoms with van der Waals surface area (Å²) in [6.45, 7) is 3.26. The lowest BCUT2D eigenvalue weighted by atomic mass is 10.1. The number of halogens is 2. The van der Waals surface area contributed by atoms with Crippen molar-refractivity contribution in [3.63, 3.8) is 0 Å². The SMILES string of the molecule is Cc1cccc(CC(=O)N(CCN(C)C)Cc2ccc(F)cc2F)c1. The molecule has 0 atom stereocenters. The molecule has 3 nitrogen and oxygen atoms in total. The molecule has 1 amide bonds. The Morgan fingerprint density at radius 2 is 1.80 bits per heavy atom. The number of likely N-dealkylation sites (N-methyl/N-ethyl adjacent to an activating group) is 1. The van der Waals surface area contributed by atoms with Crippen molar-refractivity contribution in [2.45, 2.75) is 19.9 Å². The van der Waals surface area contributed by atoms with Crippen LogP contribution in [0.4, 0.5) is 8.78 Å². The van der Waals surface area contributed by atoms with Crippen LogP contribution < -0.4 is 0 Å². The van der Waals surface area contributed by atoms with Gasteiger partial charge in [-0.1, -0.05) is 35.9 Å². The van der Waals surface area contributed by atoms with E-state index in [2.05, 4.69) is 0 Å². The maximum absolute atomic E-state index is 14.0. The van der Waals surface area contributed by atoms with Crippen molar-refractivity contribution in [3.8, 4) is 0 Å². The third-order valence-electron chi connectivity index (χ3n) is 3.98. The van der Waals surface area contributed by atoms with Crippen molar-refractivity contribution in [2.75, 3.05) is 27.2 Å². The fraction of sp³-hybridized carbons (Fsp3) is 0.350. The molecule has 2 aromatic rings. The second kappa shape index (κ2) is 8.72. The van der Waals surface area contributed by atoms with E-state index in [-0.39, 0.29) is 18.9 Å². The molecule has 25 heavy (non-hydrogen) atoms. The minimum absolute atomic E-state index is 0.0730. The topological polar surface area (TPSA) is 23.6 Å². The molecule has 0 unspecified atom stereocenters. The Morgan fingerprint density at radius 1 is 1.04 bits per heavy atom. The van der Waals surface area contributed by atoms with Gasteiger partial charge in [-0.25, -0.2) is 8.78 Å². The van der Waals surface area contributed by atoms with Crippen molar-refractivity contribution in [1.29, 1.82) is 0 Å². The number of benzene rings is 2. The standard InChI is InChI=1S/C20H24F2N2O/c1-15-5-4-6-16(11-15)12-20(25)24(10-9-23(2)3)14-17-7-8-18(21)13-19(17)22/h4-8,11,13H,9-10,12,14H2,1-3H3. The van der Waals surface area contributed by atoms with Crippen molar-refractivity contribution in [2.24, 2.45) is 0 Å². The van der Waals surface area contributed by atoms with Crippen molar-refractivity contribution >= 4 is 5.91 Å². The molecule has 0 aliphatic rings. The Balaban J connectivity index is 2.14. The highest BCUT2D eigenvalue weighted by atomic mass is 19.1. The average Bonchev–Trinajstić information content (AvgIpc) is 2.53. The van der Waals surface area contributed by atoms with Crippen LogP contribution in [0.1, 0.15) is 16.7 Å². The number of carbonyl (C=O) groups excluding carboxylic acids is 1. The molecule has 0 aliphatic carbocycles. The third kappa shape index (κ3) is 5.94. The minimum Gasteiger partial charge on any atom is -0.337 e. The molecular formula is C20H24F2N2O. The van der Waals surface area contributed by atoms with Gasteiger partial charge in [-0.15, -0.1) is 0 Å². The summed E-state index contributed by atoms with van der Waals surface area (Å²) in [5, 5.41) is 0. The molecule has 2 rings (SSSR count). The summed E-state index contributed by atoms with van der Waals surface area (Å²) in [6, 6.07) is 11.2. The lowest BCUT2D eigenvalue weighted by Crippen LogP contribution is -2.37. The van der Waals surface area contributed by atoms with Gasteiger partial charge in [0.15, 0.2) is 0 Å². The van der Waals surface area contributed by atoms with E-state index in [0.29, 0.717) is 18.7 Å².